The lowest BCUT2D eigenvalue weighted by Gasteiger charge is -2.26. The van der Waals surface area contributed by atoms with Crippen LogP contribution in [0.1, 0.15) is 40.1 Å². The number of halogens is 1. The van der Waals surface area contributed by atoms with Crippen LogP contribution in [0.15, 0.2) is 36.4 Å². The lowest BCUT2D eigenvalue weighted by Crippen LogP contribution is -2.32. The predicted octanol–water partition coefficient (Wildman–Crippen LogP) is 3.68. The average Bonchev–Trinajstić information content (AvgIpc) is 3.26. The fourth-order valence-corrected chi connectivity index (χ4v) is 4.02. The molecular weight excluding hydrogens is 406 g/mol. The zero-order valence-electron chi connectivity index (χ0n) is 16.6. The van der Waals surface area contributed by atoms with E-state index in [4.69, 9.17) is 16.3 Å². The van der Waals surface area contributed by atoms with Crippen LogP contribution in [0.5, 0.6) is 11.5 Å². The molecule has 0 fully saturated rings. The van der Waals surface area contributed by atoms with Gasteiger partial charge in [-0.2, -0.15) is 5.10 Å². The summed E-state index contributed by atoms with van der Waals surface area (Å²) in [5.41, 5.74) is 3.47. The van der Waals surface area contributed by atoms with E-state index in [2.05, 4.69) is 10.2 Å². The zero-order valence-corrected chi connectivity index (χ0v) is 17.4. The van der Waals surface area contributed by atoms with Crippen LogP contribution < -0.4 is 4.74 Å². The second-order valence-electron chi connectivity index (χ2n) is 7.11. The minimum atomic E-state index is -0.469. The highest BCUT2D eigenvalue weighted by Gasteiger charge is 2.42. The molecule has 0 spiro atoms. The van der Waals surface area contributed by atoms with E-state index >= 15 is 0 Å². The maximum absolute atomic E-state index is 13.0. The van der Waals surface area contributed by atoms with Gasteiger partial charge in [-0.3, -0.25) is 9.89 Å². The van der Waals surface area contributed by atoms with Crippen molar-refractivity contribution >= 4 is 17.5 Å². The van der Waals surface area contributed by atoms with E-state index in [9.17, 15) is 15.0 Å². The summed E-state index contributed by atoms with van der Waals surface area (Å²) in [5.74, 6) is 0.508. The summed E-state index contributed by atoms with van der Waals surface area (Å²) in [6.07, 6.45) is 0. The van der Waals surface area contributed by atoms with E-state index in [1.807, 2.05) is 31.2 Å². The molecule has 1 aliphatic rings. The van der Waals surface area contributed by atoms with Gasteiger partial charge in [-0.25, -0.2) is 0 Å². The fraction of sp³-hybridized carbons (Fsp3) is 0.273. The number of aliphatic hydroxyl groups is 1. The molecule has 1 aromatic heterocycles. The number of rotatable bonds is 6. The number of hydrogen-bond acceptors (Lipinski definition) is 5. The summed E-state index contributed by atoms with van der Waals surface area (Å²) >= 11 is 6.29. The van der Waals surface area contributed by atoms with Gasteiger partial charge in [0.1, 0.15) is 22.9 Å². The topological polar surface area (TPSA) is 98.7 Å². The van der Waals surface area contributed by atoms with E-state index in [0.29, 0.717) is 34.1 Å². The molecule has 4 rings (SSSR count). The van der Waals surface area contributed by atoms with Crippen molar-refractivity contribution in [3.05, 3.63) is 63.8 Å². The van der Waals surface area contributed by atoms with Crippen molar-refractivity contribution in [3.63, 3.8) is 0 Å². The van der Waals surface area contributed by atoms with Crippen LogP contribution >= 0.6 is 11.6 Å². The molecule has 8 heteroatoms. The van der Waals surface area contributed by atoms with Crippen molar-refractivity contribution < 1.29 is 19.7 Å². The first-order valence-electron chi connectivity index (χ1n) is 9.68. The number of phenols is 1. The van der Waals surface area contributed by atoms with Gasteiger partial charge in [0, 0.05) is 22.7 Å². The number of aromatic amines is 1. The van der Waals surface area contributed by atoms with E-state index < -0.39 is 6.04 Å². The Balaban J connectivity index is 1.87. The van der Waals surface area contributed by atoms with Crippen molar-refractivity contribution in [2.75, 3.05) is 19.8 Å². The smallest absolute Gasteiger partial charge is 0.273 e. The van der Waals surface area contributed by atoms with Crippen LogP contribution in [0.4, 0.5) is 0 Å². The first-order valence-corrected chi connectivity index (χ1v) is 10.1. The molecule has 2 heterocycles. The number of aromatic nitrogens is 2. The van der Waals surface area contributed by atoms with Crippen molar-refractivity contribution in [1.82, 2.24) is 15.1 Å². The molecular formula is C22H22ClN3O4. The number of hydrogen-bond donors (Lipinski definition) is 3. The Morgan fingerprint density at radius 3 is 2.67 bits per heavy atom. The molecule has 0 saturated carbocycles. The van der Waals surface area contributed by atoms with Crippen LogP contribution in [-0.2, 0) is 0 Å². The second-order valence-corrected chi connectivity index (χ2v) is 7.51. The first kappa shape index (κ1) is 20.3. The molecule has 1 aliphatic heterocycles. The number of carbonyl (C=O) groups excluding carboxylic acids is 1. The van der Waals surface area contributed by atoms with Crippen molar-refractivity contribution in [3.8, 4) is 22.8 Å². The Morgan fingerprint density at radius 1 is 1.27 bits per heavy atom. The molecule has 1 atom stereocenters. The third-order valence-corrected chi connectivity index (χ3v) is 5.65. The summed E-state index contributed by atoms with van der Waals surface area (Å²) in [4.78, 5) is 14.6. The largest absolute Gasteiger partial charge is 0.507 e. The van der Waals surface area contributed by atoms with Gasteiger partial charge in [-0.05, 0) is 49.2 Å². The highest BCUT2D eigenvalue weighted by atomic mass is 35.5. The standard InChI is InChI=1S/C22H22ClN3O4/c1-3-30-14-6-4-13(5-7-14)21-18-19(15-11-16(23)12(2)10-17(15)28)24-25-20(18)22(29)26(21)8-9-27/h4-7,10-11,21,27-28H,3,8-9H2,1-2H3,(H,24,25)/t21-/m1/s1. The molecule has 156 valence electrons. The number of ether oxygens (including phenoxy) is 1. The highest BCUT2D eigenvalue weighted by Crippen LogP contribution is 2.45. The third kappa shape index (κ3) is 3.30. The number of β-amino-alcohol motifs (C(OH)–C–C–N with tert-alkyl or cyclic N) is 1. The first-order chi connectivity index (χ1) is 14.5. The summed E-state index contributed by atoms with van der Waals surface area (Å²) in [6.45, 7) is 4.26. The molecule has 30 heavy (non-hydrogen) atoms. The lowest BCUT2D eigenvalue weighted by molar-refractivity contribution is 0.0706. The number of H-pyrrole nitrogens is 1. The number of aromatic hydroxyl groups is 1. The van der Waals surface area contributed by atoms with Gasteiger partial charge in [-0.15, -0.1) is 0 Å². The number of carbonyl (C=O) groups is 1. The minimum absolute atomic E-state index is 0.0321. The molecule has 3 aromatic rings. The Bertz CT molecular complexity index is 1090. The van der Waals surface area contributed by atoms with E-state index in [-0.39, 0.29) is 24.8 Å². The monoisotopic (exact) mass is 427 g/mol. The van der Waals surface area contributed by atoms with Gasteiger partial charge >= 0.3 is 0 Å². The van der Waals surface area contributed by atoms with Crippen molar-refractivity contribution in [2.45, 2.75) is 19.9 Å². The normalized spacial score (nSPS) is 15.5. The number of nitrogens with one attached hydrogen (secondary N) is 1. The molecule has 0 radical (unpaired) electrons. The minimum Gasteiger partial charge on any atom is -0.507 e. The van der Waals surface area contributed by atoms with Crippen LogP contribution in [0.3, 0.4) is 0 Å². The van der Waals surface area contributed by atoms with Gasteiger partial charge in [0.05, 0.1) is 19.3 Å². The maximum Gasteiger partial charge on any atom is 0.273 e. The van der Waals surface area contributed by atoms with E-state index in [0.717, 1.165) is 16.9 Å². The number of amides is 1. The molecule has 0 aliphatic carbocycles. The summed E-state index contributed by atoms with van der Waals surface area (Å²) in [7, 11) is 0. The zero-order chi connectivity index (χ0) is 21.4. The Hall–Kier alpha value is -3.03. The molecule has 0 saturated heterocycles. The highest BCUT2D eigenvalue weighted by molar-refractivity contribution is 6.31. The molecule has 7 nitrogen and oxygen atoms in total. The molecule has 3 N–H and O–H groups in total. The molecule has 0 bridgehead atoms. The second kappa shape index (κ2) is 8.01. The number of aryl methyl sites for hydroxylation is 1. The summed E-state index contributed by atoms with van der Waals surface area (Å²) in [6, 6.07) is 10.2. The Morgan fingerprint density at radius 2 is 2.00 bits per heavy atom. The van der Waals surface area contributed by atoms with E-state index in [1.165, 1.54) is 0 Å². The van der Waals surface area contributed by atoms with Crippen molar-refractivity contribution in [1.29, 1.82) is 0 Å². The predicted molar refractivity (Wildman–Crippen MR) is 113 cm³/mol. The number of phenolic OH excluding ortho intramolecular Hbond substituents is 1. The van der Waals surface area contributed by atoms with Gasteiger partial charge in [0.25, 0.3) is 5.91 Å². The van der Waals surface area contributed by atoms with Gasteiger partial charge in [0.15, 0.2) is 0 Å². The van der Waals surface area contributed by atoms with Crippen LogP contribution in [0.25, 0.3) is 11.3 Å². The van der Waals surface area contributed by atoms with Crippen LogP contribution in [-0.4, -0.2) is 51.0 Å². The number of nitrogens with zero attached hydrogens (tertiary/aromatic N) is 2. The van der Waals surface area contributed by atoms with Crippen LogP contribution in [0.2, 0.25) is 5.02 Å². The summed E-state index contributed by atoms with van der Waals surface area (Å²) < 4.78 is 5.52. The number of fused-ring (bicyclic) bond motifs is 1. The third-order valence-electron chi connectivity index (χ3n) is 5.24. The van der Waals surface area contributed by atoms with Crippen LogP contribution in [0, 0.1) is 6.92 Å². The Labute approximate surface area is 178 Å². The maximum atomic E-state index is 13.0. The average molecular weight is 428 g/mol. The molecule has 0 unspecified atom stereocenters. The molecule has 1 amide bonds. The quantitative estimate of drug-likeness (QED) is 0.557. The summed E-state index contributed by atoms with van der Waals surface area (Å²) in [5, 5.41) is 27.7. The SMILES string of the molecule is CCOc1ccc([C@@H]2c3c(-c4cc(Cl)c(C)cc4O)n[nH]c3C(=O)N2CCO)cc1. The van der Waals surface area contributed by atoms with Crippen molar-refractivity contribution in [2.24, 2.45) is 0 Å². The molecule has 2 aromatic carbocycles. The van der Waals surface area contributed by atoms with E-state index in [1.54, 1.807) is 24.0 Å². The fourth-order valence-electron chi connectivity index (χ4n) is 3.86. The number of aliphatic hydroxyl groups excluding tert-OH is 1. The van der Waals surface area contributed by atoms with Gasteiger partial charge < -0.3 is 19.8 Å². The van der Waals surface area contributed by atoms with Gasteiger partial charge in [0.2, 0.25) is 0 Å². The number of benzene rings is 2. The Kier molecular flexibility index (Phi) is 5.40. The van der Waals surface area contributed by atoms with Gasteiger partial charge in [-0.1, -0.05) is 23.7 Å². The lowest BCUT2D eigenvalue weighted by atomic mass is 9.95.